The number of carbonyl (C=O) groups excluding carboxylic acids is 2. The highest BCUT2D eigenvalue weighted by Gasteiger charge is 2.15. The summed E-state index contributed by atoms with van der Waals surface area (Å²) < 4.78 is 0. The number of carbonyl (C=O) groups is 2. The minimum atomic E-state index is -0.160. The van der Waals surface area contributed by atoms with Crippen LogP contribution < -0.4 is 10.6 Å². The van der Waals surface area contributed by atoms with Crippen molar-refractivity contribution in [1.82, 2.24) is 10.6 Å². The minimum absolute atomic E-state index is 0.0360. The van der Waals surface area contributed by atoms with Crippen molar-refractivity contribution in [2.24, 2.45) is 0 Å². The fraction of sp³-hybridized carbons (Fsp3) is 0.529. The fourth-order valence-electron chi connectivity index (χ4n) is 1.85. The van der Waals surface area contributed by atoms with Crippen LogP contribution in [0.1, 0.15) is 38.8 Å². The molecule has 0 aliphatic rings. The van der Waals surface area contributed by atoms with Crippen LogP contribution in [0.5, 0.6) is 0 Å². The highest BCUT2D eigenvalue weighted by atomic mass is 32.2. The lowest BCUT2D eigenvalue weighted by Gasteiger charge is -2.20. The van der Waals surface area contributed by atoms with Gasteiger partial charge in [-0.3, -0.25) is 9.59 Å². The molecule has 0 aliphatic heterocycles. The van der Waals surface area contributed by atoms with Gasteiger partial charge in [0.1, 0.15) is 0 Å². The van der Waals surface area contributed by atoms with Gasteiger partial charge in [-0.25, -0.2) is 0 Å². The summed E-state index contributed by atoms with van der Waals surface area (Å²) in [6.45, 7) is 11.0. The number of nitrogens with one attached hydrogen (secondary N) is 2. The van der Waals surface area contributed by atoms with E-state index in [9.17, 15) is 9.59 Å². The Morgan fingerprint density at radius 2 is 1.82 bits per heavy atom. The second-order valence-corrected chi connectivity index (χ2v) is 7.27. The predicted octanol–water partition coefficient (Wildman–Crippen LogP) is 2.64. The van der Waals surface area contributed by atoms with E-state index >= 15 is 0 Å². The molecule has 4 nitrogen and oxygen atoms in total. The SMILES string of the molecule is CCNC(=O)CNC(=O)CSc1cc(C(C)(C)C)ccc1C. The van der Waals surface area contributed by atoms with E-state index in [1.807, 2.05) is 13.8 Å². The maximum Gasteiger partial charge on any atom is 0.239 e. The van der Waals surface area contributed by atoms with E-state index in [1.54, 1.807) is 0 Å². The maximum absolute atomic E-state index is 11.8. The summed E-state index contributed by atoms with van der Waals surface area (Å²) in [6, 6.07) is 6.38. The molecule has 0 saturated carbocycles. The van der Waals surface area contributed by atoms with Crippen molar-refractivity contribution >= 4 is 23.6 Å². The van der Waals surface area contributed by atoms with Crippen molar-refractivity contribution in [2.45, 2.75) is 44.9 Å². The van der Waals surface area contributed by atoms with Crippen LogP contribution in [0, 0.1) is 6.92 Å². The van der Waals surface area contributed by atoms with E-state index in [1.165, 1.54) is 17.3 Å². The summed E-state index contributed by atoms with van der Waals surface area (Å²) in [5.41, 5.74) is 2.50. The topological polar surface area (TPSA) is 58.2 Å². The first-order chi connectivity index (χ1) is 10.2. The molecule has 0 aromatic heterocycles. The molecule has 22 heavy (non-hydrogen) atoms. The summed E-state index contributed by atoms with van der Waals surface area (Å²) in [7, 11) is 0. The quantitative estimate of drug-likeness (QED) is 0.792. The molecule has 0 radical (unpaired) electrons. The molecule has 0 aliphatic carbocycles. The number of aryl methyl sites for hydroxylation is 1. The van der Waals surface area contributed by atoms with Gasteiger partial charge in [0, 0.05) is 11.4 Å². The highest BCUT2D eigenvalue weighted by Crippen LogP contribution is 2.29. The van der Waals surface area contributed by atoms with Crippen molar-refractivity contribution in [3.05, 3.63) is 29.3 Å². The molecule has 2 N–H and O–H groups in total. The molecule has 0 heterocycles. The van der Waals surface area contributed by atoms with Gasteiger partial charge in [-0.15, -0.1) is 11.8 Å². The molecule has 5 heteroatoms. The van der Waals surface area contributed by atoms with Crippen LogP contribution in [0.2, 0.25) is 0 Å². The number of amides is 2. The second-order valence-electron chi connectivity index (χ2n) is 6.25. The molecule has 0 fully saturated rings. The van der Waals surface area contributed by atoms with E-state index < -0.39 is 0 Å². The van der Waals surface area contributed by atoms with Crippen LogP contribution in [-0.2, 0) is 15.0 Å². The Hall–Kier alpha value is -1.49. The van der Waals surface area contributed by atoms with Gasteiger partial charge in [0.15, 0.2) is 0 Å². The van der Waals surface area contributed by atoms with Gasteiger partial charge in [-0.05, 0) is 36.5 Å². The maximum atomic E-state index is 11.8. The van der Waals surface area contributed by atoms with Crippen LogP contribution in [0.4, 0.5) is 0 Å². The number of rotatable bonds is 6. The molecule has 0 unspecified atom stereocenters. The van der Waals surface area contributed by atoms with Gasteiger partial charge in [0.25, 0.3) is 0 Å². The number of likely N-dealkylation sites (N-methyl/N-ethyl adjacent to an activating group) is 1. The van der Waals surface area contributed by atoms with E-state index in [0.29, 0.717) is 12.3 Å². The Labute approximate surface area is 137 Å². The van der Waals surface area contributed by atoms with Crippen molar-refractivity contribution in [1.29, 1.82) is 0 Å². The summed E-state index contributed by atoms with van der Waals surface area (Å²) in [5, 5.41) is 5.28. The third kappa shape index (κ3) is 6.10. The molecule has 0 bridgehead atoms. The van der Waals surface area contributed by atoms with E-state index in [0.717, 1.165) is 10.5 Å². The van der Waals surface area contributed by atoms with Gasteiger partial charge < -0.3 is 10.6 Å². The Balaban J connectivity index is 2.57. The first-order valence-corrected chi connectivity index (χ1v) is 8.50. The predicted molar refractivity (Wildman–Crippen MR) is 92.3 cm³/mol. The van der Waals surface area contributed by atoms with Crippen LogP contribution in [0.25, 0.3) is 0 Å². The largest absolute Gasteiger partial charge is 0.355 e. The van der Waals surface area contributed by atoms with E-state index in [-0.39, 0.29) is 23.8 Å². The zero-order valence-corrected chi connectivity index (χ0v) is 14.9. The summed E-state index contributed by atoms with van der Waals surface area (Å²) in [4.78, 5) is 24.2. The fourth-order valence-corrected chi connectivity index (χ4v) is 2.75. The Morgan fingerprint density at radius 1 is 1.14 bits per heavy atom. The molecule has 0 saturated heterocycles. The lowest BCUT2D eigenvalue weighted by atomic mass is 9.87. The minimum Gasteiger partial charge on any atom is -0.355 e. The average molecular weight is 322 g/mol. The molecular formula is C17H26N2O2S. The highest BCUT2D eigenvalue weighted by molar-refractivity contribution is 8.00. The van der Waals surface area contributed by atoms with Crippen LogP contribution in [0.15, 0.2) is 23.1 Å². The number of hydrogen-bond acceptors (Lipinski definition) is 3. The summed E-state index contributed by atoms with van der Waals surface area (Å²) in [5.74, 6) is 0.0250. The van der Waals surface area contributed by atoms with Crippen molar-refractivity contribution < 1.29 is 9.59 Å². The standard InChI is InChI=1S/C17H26N2O2S/c1-6-18-15(20)10-19-16(21)11-22-14-9-13(17(3,4)5)8-7-12(14)2/h7-9H,6,10-11H2,1-5H3,(H,18,20)(H,19,21). The zero-order chi connectivity index (χ0) is 16.8. The molecule has 1 rings (SSSR count). The van der Waals surface area contributed by atoms with Crippen molar-refractivity contribution in [2.75, 3.05) is 18.8 Å². The molecule has 1 aromatic rings. The Kier molecular flexibility index (Phi) is 6.94. The van der Waals surface area contributed by atoms with Crippen molar-refractivity contribution in [3.8, 4) is 0 Å². The molecular weight excluding hydrogens is 296 g/mol. The van der Waals surface area contributed by atoms with Crippen molar-refractivity contribution in [3.63, 3.8) is 0 Å². The van der Waals surface area contributed by atoms with Gasteiger partial charge in [0.2, 0.25) is 11.8 Å². The molecule has 1 aromatic carbocycles. The lowest BCUT2D eigenvalue weighted by molar-refractivity contribution is -0.124. The lowest BCUT2D eigenvalue weighted by Crippen LogP contribution is -2.37. The number of thioether (sulfide) groups is 1. The summed E-state index contributed by atoms with van der Waals surface area (Å²) in [6.07, 6.45) is 0. The number of hydrogen-bond donors (Lipinski definition) is 2. The third-order valence-electron chi connectivity index (χ3n) is 3.23. The molecule has 2 amide bonds. The normalized spacial score (nSPS) is 11.1. The van der Waals surface area contributed by atoms with E-state index in [4.69, 9.17) is 0 Å². The average Bonchev–Trinajstić information content (AvgIpc) is 2.43. The first-order valence-electron chi connectivity index (χ1n) is 7.51. The van der Waals surface area contributed by atoms with Crippen LogP contribution in [0.3, 0.4) is 0 Å². The van der Waals surface area contributed by atoms with Gasteiger partial charge >= 0.3 is 0 Å². The van der Waals surface area contributed by atoms with Gasteiger partial charge in [-0.2, -0.15) is 0 Å². The monoisotopic (exact) mass is 322 g/mol. The first kappa shape index (κ1) is 18.6. The van der Waals surface area contributed by atoms with Gasteiger partial charge in [0.05, 0.1) is 12.3 Å². The summed E-state index contributed by atoms with van der Waals surface area (Å²) >= 11 is 1.51. The third-order valence-corrected chi connectivity index (χ3v) is 4.39. The van der Waals surface area contributed by atoms with Crippen LogP contribution in [-0.4, -0.2) is 30.7 Å². The molecule has 0 spiro atoms. The zero-order valence-electron chi connectivity index (χ0n) is 14.1. The Morgan fingerprint density at radius 3 is 2.41 bits per heavy atom. The van der Waals surface area contributed by atoms with E-state index in [2.05, 4.69) is 49.6 Å². The molecule has 122 valence electrons. The van der Waals surface area contributed by atoms with Gasteiger partial charge in [-0.1, -0.05) is 32.9 Å². The number of benzene rings is 1. The molecule has 0 atom stereocenters. The Bertz CT molecular complexity index is 536. The smallest absolute Gasteiger partial charge is 0.239 e. The van der Waals surface area contributed by atoms with Crippen LogP contribution >= 0.6 is 11.8 Å². The second kappa shape index (κ2) is 8.22.